The lowest BCUT2D eigenvalue weighted by Gasteiger charge is -2.01. The van der Waals surface area contributed by atoms with Gasteiger partial charge < -0.3 is 10.1 Å². The first-order valence-electron chi connectivity index (χ1n) is 4.84. The molecule has 0 radical (unpaired) electrons. The largest absolute Gasteiger partial charge is 0.481 e. The first kappa shape index (κ1) is 10.4. The highest BCUT2D eigenvalue weighted by atomic mass is 16.4. The van der Waals surface area contributed by atoms with E-state index in [4.69, 9.17) is 5.11 Å². The molecule has 5 heteroatoms. The van der Waals surface area contributed by atoms with Crippen LogP contribution in [0.5, 0.6) is 0 Å². The Kier molecular flexibility index (Phi) is 2.68. The number of hydrogen-bond donors (Lipinski definition) is 2. The van der Waals surface area contributed by atoms with Gasteiger partial charge in [-0.15, -0.1) is 0 Å². The molecule has 0 aliphatic heterocycles. The lowest BCUT2D eigenvalue weighted by Crippen LogP contribution is -1.98. The molecule has 0 atom stereocenters. The van der Waals surface area contributed by atoms with Crippen molar-refractivity contribution in [3.8, 4) is 0 Å². The summed E-state index contributed by atoms with van der Waals surface area (Å²) in [5.74, 6) is -0.854. The SMILES string of the molecule is O=Cc1c[nH]c2nccc(CCC(=O)O)c12. The van der Waals surface area contributed by atoms with E-state index in [2.05, 4.69) is 9.97 Å². The fourth-order valence-electron chi connectivity index (χ4n) is 1.69. The van der Waals surface area contributed by atoms with Crippen LogP contribution < -0.4 is 0 Å². The number of aryl methyl sites for hydroxylation is 1. The van der Waals surface area contributed by atoms with E-state index in [9.17, 15) is 9.59 Å². The van der Waals surface area contributed by atoms with Gasteiger partial charge in [0, 0.05) is 29.8 Å². The summed E-state index contributed by atoms with van der Waals surface area (Å²) < 4.78 is 0. The second-order valence-corrected chi connectivity index (χ2v) is 3.45. The van der Waals surface area contributed by atoms with Crippen molar-refractivity contribution in [3.63, 3.8) is 0 Å². The number of nitrogens with one attached hydrogen (secondary N) is 1. The summed E-state index contributed by atoms with van der Waals surface area (Å²) in [6.45, 7) is 0. The lowest BCUT2D eigenvalue weighted by atomic mass is 10.1. The third kappa shape index (κ3) is 1.79. The van der Waals surface area contributed by atoms with Crippen LogP contribution in [0.15, 0.2) is 18.5 Å². The zero-order valence-corrected chi connectivity index (χ0v) is 8.43. The zero-order chi connectivity index (χ0) is 11.5. The summed E-state index contributed by atoms with van der Waals surface area (Å²) in [4.78, 5) is 28.3. The van der Waals surface area contributed by atoms with E-state index in [1.165, 1.54) is 0 Å². The van der Waals surface area contributed by atoms with E-state index >= 15 is 0 Å². The summed E-state index contributed by atoms with van der Waals surface area (Å²) >= 11 is 0. The van der Waals surface area contributed by atoms with Gasteiger partial charge in [0.1, 0.15) is 5.65 Å². The monoisotopic (exact) mass is 218 g/mol. The van der Waals surface area contributed by atoms with E-state index in [-0.39, 0.29) is 6.42 Å². The molecule has 0 saturated carbocycles. The molecule has 82 valence electrons. The first-order valence-corrected chi connectivity index (χ1v) is 4.84. The minimum atomic E-state index is -0.854. The maximum Gasteiger partial charge on any atom is 0.303 e. The van der Waals surface area contributed by atoms with Crippen molar-refractivity contribution in [2.75, 3.05) is 0 Å². The molecule has 0 aromatic carbocycles. The molecule has 0 unspecified atom stereocenters. The molecule has 0 bridgehead atoms. The van der Waals surface area contributed by atoms with E-state index in [1.807, 2.05) is 0 Å². The predicted octanol–water partition coefficient (Wildman–Crippen LogP) is 1.39. The number of aliphatic carboxylic acids is 1. The second-order valence-electron chi connectivity index (χ2n) is 3.45. The van der Waals surface area contributed by atoms with Gasteiger partial charge in [-0.2, -0.15) is 0 Å². The Balaban J connectivity index is 2.46. The van der Waals surface area contributed by atoms with Crippen LogP contribution in [0.3, 0.4) is 0 Å². The lowest BCUT2D eigenvalue weighted by molar-refractivity contribution is -0.136. The van der Waals surface area contributed by atoms with Crippen molar-refractivity contribution in [1.82, 2.24) is 9.97 Å². The van der Waals surface area contributed by atoms with Gasteiger partial charge in [-0.3, -0.25) is 9.59 Å². The van der Waals surface area contributed by atoms with Crippen LogP contribution in [0.1, 0.15) is 22.3 Å². The molecule has 2 aromatic heterocycles. The third-order valence-electron chi connectivity index (χ3n) is 2.43. The minimum Gasteiger partial charge on any atom is -0.481 e. The van der Waals surface area contributed by atoms with Crippen molar-refractivity contribution in [2.45, 2.75) is 12.8 Å². The molecule has 0 fully saturated rings. The van der Waals surface area contributed by atoms with E-state index in [0.717, 1.165) is 17.2 Å². The molecule has 16 heavy (non-hydrogen) atoms. The molecular weight excluding hydrogens is 208 g/mol. The Morgan fingerprint density at radius 1 is 1.56 bits per heavy atom. The van der Waals surface area contributed by atoms with Crippen LogP contribution in [-0.4, -0.2) is 27.3 Å². The second kappa shape index (κ2) is 4.14. The average Bonchev–Trinajstić information content (AvgIpc) is 2.69. The van der Waals surface area contributed by atoms with Crippen LogP contribution >= 0.6 is 0 Å². The molecule has 0 aliphatic carbocycles. The van der Waals surface area contributed by atoms with Crippen LogP contribution in [0, 0.1) is 0 Å². The number of H-pyrrole nitrogens is 1. The van der Waals surface area contributed by atoms with E-state index < -0.39 is 5.97 Å². The van der Waals surface area contributed by atoms with Crippen LogP contribution in [0.25, 0.3) is 11.0 Å². The number of carbonyl (C=O) groups is 2. The summed E-state index contributed by atoms with van der Waals surface area (Å²) in [7, 11) is 0. The number of nitrogens with zero attached hydrogens (tertiary/aromatic N) is 1. The van der Waals surface area contributed by atoms with E-state index in [1.54, 1.807) is 18.5 Å². The molecule has 2 heterocycles. The predicted molar refractivity (Wildman–Crippen MR) is 57.4 cm³/mol. The summed E-state index contributed by atoms with van der Waals surface area (Å²) in [6.07, 6.45) is 4.36. The molecule has 0 spiro atoms. The number of rotatable bonds is 4. The third-order valence-corrected chi connectivity index (χ3v) is 2.43. The smallest absolute Gasteiger partial charge is 0.303 e. The van der Waals surface area contributed by atoms with Gasteiger partial charge >= 0.3 is 5.97 Å². The Morgan fingerprint density at radius 3 is 3.06 bits per heavy atom. The number of hydrogen-bond acceptors (Lipinski definition) is 3. The minimum absolute atomic E-state index is 0.0442. The summed E-state index contributed by atoms with van der Waals surface area (Å²) in [5.41, 5.74) is 1.96. The number of aromatic nitrogens is 2. The average molecular weight is 218 g/mol. The maximum absolute atomic E-state index is 10.8. The van der Waals surface area contributed by atoms with Crippen LogP contribution in [0.4, 0.5) is 0 Å². The number of pyridine rings is 1. The Hall–Kier alpha value is -2.17. The Labute approximate surface area is 91.1 Å². The van der Waals surface area contributed by atoms with Gasteiger partial charge in [0.25, 0.3) is 0 Å². The normalized spacial score (nSPS) is 10.5. The molecule has 2 rings (SSSR count). The highest BCUT2D eigenvalue weighted by Crippen LogP contribution is 2.20. The van der Waals surface area contributed by atoms with Gasteiger partial charge in [-0.1, -0.05) is 0 Å². The maximum atomic E-state index is 10.8. The van der Waals surface area contributed by atoms with Crippen LogP contribution in [-0.2, 0) is 11.2 Å². The number of aromatic amines is 1. The highest BCUT2D eigenvalue weighted by Gasteiger charge is 2.09. The highest BCUT2D eigenvalue weighted by molar-refractivity contribution is 5.97. The topological polar surface area (TPSA) is 83.0 Å². The quantitative estimate of drug-likeness (QED) is 0.759. The number of carboxylic acids is 1. The molecule has 5 nitrogen and oxygen atoms in total. The van der Waals surface area contributed by atoms with Crippen LogP contribution in [0.2, 0.25) is 0 Å². The number of aldehydes is 1. The number of carbonyl (C=O) groups excluding carboxylic acids is 1. The molecule has 0 saturated heterocycles. The molecule has 0 aliphatic rings. The fourth-order valence-corrected chi connectivity index (χ4v) is 1.69. The van der Waals surface area contributed by atoms with Gasteiger partial charge in [-0.25, -0.2) is 4.98 Å². The molecule has 0 amide bonds. The number of fused-ring (bicyclic) bond motifs is 1. The molecule has 2 aromatic rings. The van der Waals surface area contributed by atoms with Gasteiger partial charge in [0.05, 0.1) is 0 Å². The fraction of sp³-hybridized carbons (Fsp3) is 0.182. The Morgan fingerprint density at radius 2 is 2.38 bits per heavy atom. The molecule has 2 N–H and O–H groups in total. The number of carboxylic acid groups (broad SMARTS) is 1. The summed E-state index contributed by atoms with van der Waals surface area (Å²) in [5, 5.41) is 9.35. The van der Waals surface area contributed by atoms with Crippen molar-refractivity contribution >= 4 is 23.3 Å². The standard InChI is InChI=1S/C11H10N2O3/c14-6-8-5-13-11-10(8)7(3-4-12-11)1-2-9(15)16/h3-6H,1-2H2,(H,12,13)(H,15,16). The van der Waals surface area contributed by atoms with Gasteiger partial charge in [-0.05, 0) is 18.1 Å². The van der Waals surface area contributed by atoms with Gasteiger partial charge in [0.15, 0.2) is 6.29 Å². The summed E-state index contributed by atoms with van der Waals surface area (Å²) in [6, 6.07) is 1.74. The first-order chi connectivity index (χ1) is 7.72. The van der Waals surface area contributed by atoms with Crippen molar-refractivity contribution in [2.24, 2.45) is 0 Å². The van der Waals surface area contributed by atoms with Gasteiger partial charge in [0.2, 0.25) is 0 Å². The van der Waals surface area contributed by atoms with Crippen molar-refractivity contribution < 1.29 is 14.7 Å². The van der Waals surface area contributed by atoms with Crippen molar-refractivity contribution in [3.05, 3.63) is 29.6 Å². The molecular formula is C11H10N2O3. The Bertz CT molecular complexity index is 545. The van der Waals surface area contributed by atoms with Crippen molar-refractivity contribution in [1.29, 1.82) is 0 Å². The zero-order valence-electron chi connectivity index (χ0n) is 8.43. The van der Waals surface area contributed by atoms with E-state index in [0.29, 0.717) is 17.6 Å².